The van der Waals surface area contributed by atoms with Gasteiger partial charge in [-0.2, -0.15) is 0 Å². The average molecular weight is 445 g/mol. The van der Waals surface area contributed by atoms with Crippen LogP contribution in [-0.4, -0.2) is 32.2 Å². The number of fused-ring (bicyclic) bond motifs is 1. The van der Waals surface area contributed by atoms with E-state index in [9.17, 15) is 19.7 Å². The largest absolute Gasteiger partial charge is 0.458 e. The maximum Gasteiger partial charge on any atom is 0.329 e. The number of rotatable bonds is 7. The van der Waals surface area contributed by atoms with Crippen LogP contribution in [0.25, 0.3) is 5.65 Å². The van der Waals surface area contributed by atoms with E-state index in [0.29, 0.717) is 5.69 Å². The molecule has 9 nitrogen and oxygen atoms in total. The molecule has 2 aromatic heterocycles. The summed E-state index contributed by atoms with van der Waals surface area (Å²) in [5, 5.41) is 13.4. The molecule has 0 radical (unpaired) electrons. The SMILES string of the molecule is Cc1cccn2cc(COC(=O)[C@@H](NC(=O)c3ccc([N+](=O)[O-])cc3Cl)C(C)C)nc12. The van der Waals surface area contributed by atoms with Gasteiger partial charge in [-0.1, -0.05) is 31.5 Å². The number of carbonyl (C=O) groups excluding carboxylic acids is 2. The lowest BCUT2D eigenvalue weighted by Gasteiger charge is -2.21. The van der Waals surface area contributed by atoms with E-state index in [4.69, 9.17) is 16.3 Å². The quantitative estimate of drug-likeness (QED) is 0.337. The number of aromatic nitrogens is 2. The van der Waals surface area contributed by atoms with E-state index in [2.05, 4.69) is 10.3 Å². The minimum atomic E-state index is -0.933. The van der Waals surface area contributed by atoms with Gasteiger partial charge in [0.2, 0.25) is 0 Å². The summed E-state index contributed by atoms with van der Waals surface area (Å²) in [7, 11) is 0. The third-order valence-electron chi connectivity index (χ3n) is 4.71. The maximum atomic E-state index is 12.6. The number of halogens is 1. The first-order valence-corrected chi connectivity index (χ1v) is 9.89. The lowest BCUT2D eigenvalue weighted by Crippen LogP contribution is -2.45. The number of nitrogens with zero attached hydrogens (tertiary/aromatic N) is 3. The summed E-state index contributed by atoms with van der Waals surface area (Å²) in [6.07, 6.45) is 3.63. The van der Waals surface area contributed by atoms with Gasteiger partial charge < -0.3 is 14.5 Å². The number of aryl methyl sites for hydroxylation is 1. The summed E-state index contributed by atoms with van der Waals surface area (Å²) in [5.74, 6) is -1.51. The Morgan fingerprint density at radius 3 is 2.68 bits per heavy atom. The Labute approximate surface area is 183 Å². The van der Waals surface area contributed by atoms with E-state index in [1.54, 1.807) is 20.0 Å². The van der Waals surface area contributed by atoms with Gasteiger partial charge in [0, 0.05) is 24.5 Å². The van der Waals surface area contributed by atoms with Gasteiger partial charge in [0.1, 0.15) is 18.3 Å². The first-order valence-electron chi connectivity index (χ1n) is 9.52. The van der Waals surface area contributed by atoms with E-state index in [0.717, 1.165) is 17.3 Å². The molecule has 3 aromatic rings. The molecule has 0 saturated heterocycles. The Kier molecular flexibility index (Phi) is 6.55. The van der Waals surface area contributed by atoms with Crippen LogP contribution in [-0.2, 0) is 16.1 Å². The molecule has 0 aliphatic rings. The fraction of sp³-hybridized carbons (Fsp3) is 0.286. The van der Waals surface area contributed by atoms with Gasteiger partial charge in [0.05, 0.1) is 21.2 Å². The molecule has 1 atom stereocenters. The molecule has 2 heterocycles. The molecule has 0 spiro atoms. The van der Waals surface area contributed by atoms with Crippen molar-refractivity contribution in [2.24, 2.45) is 5.92 Å². The Balaban J connectivity index is 1.69. The molecule has 1 N–H and O–H groups in total. The van der Waals surface area contributed by atoms with Crippen molar-refractivity contribution >= 4 is 34.8 Å². The average Bonchev–Trinajstić information content (AvgIpc) is 3.14. The van der Waals surface area contributed by atoms with E-state index in [1.807, 2.05) is 29.7 Å². The monoisotopic (exact) mass is 444 g/mol. The summed E-state index contributed by atoms with van der Waals surface area (Å²) in [5.41, 5.74) is 2.14. The molecule has 0 aliphatic carbocycles. The van der Waals surface area contributed by atoms with Gasteiger partial charge in [-0.25, -0.2) is 9.78 Å². The van der Waals surface area contributed by atoms with E-state index in [1.165, 1.54) is 12.1 Å². The topological polar surface area (TPSA) is 116 Å². The van der Waals surface area contributed by atoms with Crippen LogP contribution in [0.15, 0.2) is 42.7 Å². The van der Waals surface area contributed by atoms with Crippen molar-refractivity contribution in [3.8, 4) is 0 Å². The first-order chi connectivity index (χ1) is 14.7. The highest BCUT2D eigenvalue weighted by Crippen LogP contribution is 2.23. The minimum absolute atomic E-state index is 0.0292. The van der Waals surface area contributed by atoms with Crippen molar-refractivity contribution in [3.63, 3.8) is 0 Å². The molecule has 3 rings (SSSR count). The summed E-state index contributed by atoms with van der Waals surface area (Å²) in [6, 6.07) is 6.41. The minimum Gasteiger partial charge on any atom is -0.458 e. The van der Waals surface area contributed by atoms with Crippen molar-refractivity contribution in [2.45, 2.75) is 33.4 Å². The van der Waals surface area contributed by atoms with Crippen molar-refractivity contribution in [2.75, 3.05) is 0 Å². The van der Waals surface area contributed by atoms with Gasteiger partial charge in [-0.05, 0) is 30.5 Å². The molecule has 1 amide bonds. The van der Waals surface area contributed by atoms with Crippen LogP contribution in [0.5, 0.6) is 0 Å². The number of benzene rings is 1. The lowest BCUT2D eigenvalue weighted by atomic mass is 10.0. The number of nitrogens with one attached hydrogen (secondary N) is 1. The highest BCUT2D eigenvalue weighted by atomic mass is 35.5. The van der Waals surface area contributed by atoms with Crippen LogP contribution >= 0.6 is 11.6 Å². The van der Waals surface area contributed by atoms with Crippen LogP contribution in [0, 0.1) is 23.0 Å². The molecule has 0 aliphatic heterocycles. The second kappa shape index (κ2) is 9.13. The number of esters is 1. The number of carbonyl (C=O) groups is 2. The molecule has 0 bridgehead atoms. The van der Waals surface area contributed by atoms with Crippen LogP contribution in [0.1, 0.15) is 35.5 Å². The first kappa shape index (κ1) is 22.2. The summed E-state index contributed by atoms with van der Waals surface area (Å²) in [4.78, 5) is 39.9. The van der Waals surface area contributed by atoms with Gasteiger partial charge >= 0.3 is 5.97 Å². The molecular weight excluding hydrogens is 424 g/mol. The molecular formula is C21H21ClN4O5. The molecule has 0 unspecified atom stereocenters. The Bertz CT molecular complexity index is 1160. The lowest BCUT2D eigenvalue weighted by molar-refractivity contribution is -0.384. The fourth-order valence-corrected chi connectivity index (χ4v) is 3.29. The van der Waals surface area contributed by atoms with Crippen molar-refractivity contribution in [3.05, 3.63) is 74.7 Å². The number of hydrogen-bond acceptors (Lipinski definition) is 6. The normalized spacial score (nSPS) is 12.0. The summed E-state index contributed by atoms with van der Waals surface area (Å²) >= 11 is 6.01. The van der Waals surface area contributed by atoms with Crippen LogP contribution in [0.4, 0.5) is 5.69 Å². The van der Waals surface area contributed by atoms with E-state index in [-0.39, 0.29) is 28.8 Å². The van der Waals surface area contributed by atoms with Crippen LogP contribution < -0.4 is 5.32 Å². The number of non-ortho nitro benzene ring substituents is 1. The standard InChI is InChI=1S/C21H21ClN4O5/c1-12(2)18(24-20(27)16-7-6-15(26(29)30)9-17(16)22)21(28)31-11-14-10-25-8-4-5-13(3)19(25)23-14/h4-10,12,18H,11H2,1-3H3,(H,24,27)/t18-/m0/s1. The molecule has 0 saturated carbocycles. The number of pyridine rings is 1. The Morgan fingerprint density at radius 2 is 2.06 bits per heavy atom. The van der Waals surface area contributed by atoms with Gasteiger partial charge in [-0.3, -0.25) is 14.9 Å². The van der Waals surface area contributed by atoms with Crippen LogP contribution in [0.2, 0.25) is 5.02 Å². The molecule has 31 heavy (non-hydrogen) atoms. The number of nitro benzene ring substituents is 1. The van der Waals surface area contributed by atoms with Gasteiger partial charge in [0.15, 0.2) is 0 Å². The second-order valence-corrected chi connectivity index (χ2v) is 7.79. The van der Waals surface area contributed by atoms with Crippen LogP contribution in [0.3, 0.4) is 0 Å². The number of imidazole rings is 1. The summed E-state index contributed by atoms with van der Waals surface area (Å²) < 4.78 is 7.23. The zero-order chi connectivity index (χ0) is 22.7. The Hall–Kier alpha value is -3.46. The van der Waals surface area contributed by atoms with E-state index < -0.39 is 22.8 Å². The molecule has 10 heteroatoms. The second-order valence-electron chi connectivity index (χ2n) is 7.38. The van der Waals surface area contributed by atoms with Crippen molar-refractivity contribution < 1.29 is 19.2 Å². The zero-order valence-corrected chi connectivity index (χ0v) is 17.9. The highest BCUT2D eigenvalue weighted by molar-refractivity contribution is 6.34. The predicted molar refractivity (Wildman–Crippen MR) is 114 cm³/mol. The third-order valence-corrected chi connectivity index (χ3v) is 5.02. The number of ether oxygens (including phenoxy) is 1. The van der Waals surface area contributed by atoms with Crippen molar-refractivity contribution in [1.29, 1.82) is 0 Å². The summed E-state index contributed by atoms with van der Waals surface area (Å²) in [6.45, 7) is 5.42. The highest BCUT2D eigenvalue weighted by Gasteiger charge is 2.27. The Morgan fingerprint density at radius 1 is 1.32 bits per heavy atom. The van der Waals surface area contributed by atoms with Gasteiger partial charge in [-0.15, -0.1) is 0 Å². The molecule has 0 fully saturated rings. The van der Waals surface area contributed by atoms with Gasteiger partial charge in [0.25, 0.3) is 11.6 Å². The smallest absolute Gasteiger partial charge is 0.329 e. The van der Waals surface area contributed by atoms with E-state index >= 15 is 0 Å². The third kappa shape index (κ3) is 5.00. The number of nitro groups is 1. The molecule has 1 aromatic carbocycles. The fourth-order valence-electron chi connectivity index (χ4n) is 3.03. The maximum absolute atomic E-state index is 12.6. The van der Waals surface area contributed by atoms with Crippen molar-refractivity contribution in [1.82, 2.24) is 14.7 Å². The number of hydrogen-bond donors (Lipinski definition) is 1. The molecule has 162 valence electrons. The predicted octanol–water partition coefficient (Wildman–Crippen LogP) is 3.70. The zero-order valence-electron chi connectivity index (χ0n) is 17.2. The number of amides is 1.